The highest BCUT2D eigenvalue weighted by molar-refractivity contribution is 6.02. The third kappa shape index (κ3) is 3.55. The molecule has 4 rings (SSSR count). The fourth-order valence-electron chi connectivity index (χ4n) is 4.92. The van der Waals surface area contributed by atoms with Crippen molar-refractivity contribution < 1.29 is 14.3 Å². The Morgan fingerprint density at radius 3 is 2.67 bits per heavy atom. The number of amides is 2. The minimum atomic E-state index is -0.155. The van der Waals surface area contributed by atoms with Gasteiger partial charge in [-0.15, -0.1) is 0 Å². The van der Waals surface area contributed by atoms with Gasteiger partial charge in [-0.2, -0.15) is 0 Å². The summed E-state index contributed by atoms with van der Waals surface area (Å²) in [5, 5.41) is 0. The van der Waals surface area contributed by atoms with E-state index < -0.39 is 0 Å². The van der Waals surface area contributed by atoms with Gasteiger partial charge in [0.25, 0.3) is 5.91 Å². The number of piperidine rings is 1. The second-order valence-electron chi connectivity index (χ2n) is 8.09. The molecule has 0 aromatic heterocycles. The molecule has 1 aromatic carbocycles. The first-order chi connectivity index (χ1) is 13.0. The molecule has 6 nitrogen and oxygen atoms in total. The molecule has 27 heavy (non-hydrogen) atoms. The van der Waals surface area contributed by atoms with E-state index in [0.717, 1.165) is 25.9 Å². The molecule has 3 atom stereocenters. The Bertz CT molecular complexity index is 712. The Morgan fingerprint density at radius 1 is 1.15 bits per heavy atom. The van der Waals surface area contributed by atoms with Crippen LogP contribution in [-0.2, 0) is 9.59 Å². The maximum atomic E-state index is 13.0. The summed E-state index contributed by atoms with van der Waals surface area (Å²) in [5.74, 6) is 0.544. The van der Waals surface area contributed by atoms with Crippen LogP contribution in [0.25, 0.3) is 0 Å². The monoisotopic (exact) mass is 371 g/mol. The third-order valence-electron chi connectivity index (χ3n) is 6.29. The molecule has 0 radical (unpaired) electrons. The second-order valence-corrected chi connectivity index (χ2v) is 8.09. The first-order valence-electron chi connectivity index (χ1n) is 10.1. The Kier molecular flexibility index (Phi) is 5.08. The van der Waals surface area contributed by atoms with Crippen LogP contribution in [-0.4, -0.2) is 66.0 Å². The van der Waals surface area contributed by atoms with Crippen LogP contribution in [0.2, 0.25) is 0 Å². The van der Waals surface area contributed by atoms with Gasteiger partial charge >= 0.3 is 0 Å². The molecule has 2 amide bonds. The van der Waals surface area contributed by atoms with E-state index in [1.54, 1.807) is 4.90 Å². The van der Waals surface area contributed by atoms with Gasteiger partial charge in [-0.1, -0.05) is 12.1 Å². The van der Waals surface area contributed by atoms with Crippen molar-refractivity contribution in [1.29, 1.82) is 0 Å². The summed E-state index contributed by atoms with van der Waals surface area (Å²) in [5.41, 5.74) is 0.692. The molecule has 0 bridgehead atoms. The van der Waals surface area contributed by atoms with Crippen LogP contribution in [0.3, 0.4) is 0 Å². The van der Waals surface area contributed by atoms with Crippen molar-refractivity contribution in [3.05, 3.63) is 24.3 Å². The summed E-state index contributed by atoms with van der Waals surface area (Å²) in [6, 6.07) is 9.04. The van der Waals surface area contributed by atoms with Crippen molar-refractivity contribution in [1.82, 2.24) is 9.80 Å². The van der Waals surface area contributed by atoms with Crippen LogP contribution in [0.1, 0.15) is 39.5 Å². The molecule has 6 heteroatoms. The number of fused-ring (bicyclic) bond motifs is 1. The standard InChI is InChI=1S/C21H29N3O3/c1-15-9-10-16(2)24(15)17-6-5-11-22(12-17)20(25)13-23-18-7-3-4-8-19(18)27-14-21(23)26/h3-4,7-8,15-17H,5-6,9-14H2,1-2H3/t15-,16-,17-/m1/s1. The van der Waals surface area contributed by atoms with Crippen molar-refractivity contribution in [2.24, 2.45) is 0 Å². The molecule has 146 valence electrons. The average molecular weight is 371 g/mol. The highest BCUT2D eigenvalue weighted by atomic mass is 16.5. The maximum Gasteiger partial charge on any atom is 0.265 e. The van der Waals surface area contributed by atoms with Gasteiger partial charge in [0.15, 0.2) is 6.61 Å². The zero-order chi connectivity index (χ0) is 19.0. The zero-order valence-electron chi connectivity index (χ0n) is 16.3. The average Bonchev–Trinajstić information content (AvgIpc) is 3.02. The van der Waals surface area contributed by atoms with Crippen molar-refractivity contribution in [2.45, 2.75) is 57.7 Å². The molecule has 0 aliphatic carbocycles. The van der Waals surface area contributed by atoms with Crippen LogP contribution < -0.4 is 9.64 Å². The van der Waals surface area contributed by atoms with Gasteiger partial charge < -0.3 is 9.64 Å². The van der Waals surface area contributed by atoms with E-state index in [9.17, 15) is 9.59 Å². The Balaban J connectivity index is 1.45. The highest BCUT2D eigenvalue weighted by Crippen LogP contribution is 2.32. The van der Waals surface area contributed by atoms with Crippen molar-refractivity contribution in [2.75, 3.05) is 31.1 Å². The number of ether oxygens (including phenoxy) is 1. The number of carbonyl (C=O) groups excluding carboxylic acids is 2. The van der Waals surface area contributed by atoms with E-state index in [1.807, 2.05) is 29.2 Å². The van der Waals surface area contributed by atoms with Gasteiger partial charge in [-0.05, 0) is 51.7 Å². The number of hydrogen-bond acceptors (Lipinski definition) is 4. The van der Waals surface area contributed by atoms with E-state index in [1.165, 1.54) is 12.8 Å². The minimum Gasteiger partial charge on any atom is -0.482 e. The number of likely N-dealkylation sites (tertiary alicyclic amines) is 2. The molecule has 3 aliphatic heterocycles. The van der Waals surface area contributed by atoms with Gasteiger partial charge in [0.05, 0.1) is 5.69 Å². The van der Waals surface area contributed by atoms with Gasteiger partial charge in [0.1, 0.15) is 12.3 Å². The summed E-state index contributed by atoms with van der Waals surface area (Å²) in [6.07, 6.45) is 4.66. The van der Waals surface area contributed by atoms with Gasteiger partial charge in [0.2, 0.25) is 5.91 Å². The summed E-state index contributed by atoms with van der Waals surface area (Å²) >= 11 is 0. The number of para-hydroxylation sites is 2. The molecule has 1 aromatic rings. The molecule has 2 fully saturated rings. The van der Waals surface area contributed by atoms with Crippen LogP contribution >= 0.6 is 0 Å². The predicted molar refractivity (Wildman–Crippen MR) is 104 cm³/mol. The second kappa shape index (κ2) is 7.50. The van der Waals surface area contributed by atoms with Crippen molar-refractivity contribution in [3.63, 3.8) is 0 Å². The van der Waals surface area contributed by atoms with Crippen LogP contribution in [0.15, 0.2) is 24.3 Å². The fraction of sp³-hybridized carbons (Fsp3) is 0.619. The molecule has 0 saturated carbocycles. The van der Waals surface area contributed by atoms with E-state index in [0.29, 0.717) is 29.6 Å². The van der Waals surface area contributed by atoms with Crippen molar-refractivity contribution >= 4 is 17.5 Å². The summed E-state index contributed by atoms with van der Waals surface area (Å²) in [7, 11) is 0. The number of hydrogen-bond donors (Lipinski definition) is 0. The number of carbonyl (C=O) groups is 2. The Hall–Kier alpha value is -2.08. The molecular weight excluding hydrogens is 342 g/mol. The fourth-order valence-corrected chi connectivity index (χ4v) is 4.92. The summed E-state index contributed by atoms with van der Waals surface area (Å²) < 4.78 is 5.48. The molecule has 0 spiro atoms. The molecule has 0 N–H and O–H groups in total. The number of anilines is 1. The van der Waals surface area contributed by atoms with Gasteiger partial charge in [0, 0.05) is 31.2 Å². The van der Waals surface area contributed by atoms with Crippen LogP contribution in [0.4, 0.5) is 5.69 Å². The van der Waals surface area contributed by atoms with Gasteiger partial charge in [-0.25, -0.2) is 0 Å². The SMILES string of the molecule is C[C@@H]1CC[C@@H](C)N1[C@@H]1CCCN(C(=O)CN2C(=O)COc3ccccc32)C1. The Labute approximate surface area is 161 Å². The lowest BCUT2D eigenvalue weighted by Crippen LogP contribution is -2.54. The largest absolute Gasteiger partial charge is 0.482 e. The minimum absolute atomic E-state index is 0.00424. The summed E-state index contributed by atoms with van der Waals surface area (Å²) in [6.45, 7) is 6.24. The Morgan fingerprint density at radius 2 is 1.89 bits per heavy atom. The molecular formula is C21H29N3O3. The van der Waals surface area contributed by atoms with Gasteiger partial charge in [-0.3, -0.25) is 19.4 Å². The quantitative estimate of drug-likeness (QED) is 0.818. The van der Waals surface area contributed by atoms with E-state index in [-0.39, 0.29) is 25.0 Å². The molecule has 3 heterocycles. The first kappa shape index (κ1) is 18.3. The van der Waals surface area contributed by atoms with E-state index in [4.69, 9.17) is 4.74 Å². The third-order valence-corrected chi connectivity index (χ3v) is 6.29. The van der Waals surface area contributed by atoms with Crippen LogP contribution in [0, 0.1) is 0 Å². The zero-order valence-corrected chi connectivity index (χ0v) is 16.3. The molecule has 2 saturated heterocycles. The molecule has 3 aliphatic rings. The maximum absolute atomic E-state index is 13.0. The lowest BCUT2D eigenvalue weighted by atomic mass is 10.0. The molecule has 0 unspecified atom stereocenters. The van der Waals surface area contributed by atoms with Crippen molar-refractivity contribution in [3.8, 4) is 5.75 Å². The van der Waals surface area contributed by atoms with E-state index in [2.05, 4.69) is 18.7 Å². The predicted octanol–water partition coefficient (Wildman–Crippen LogP) is 2.28. The normalized spacial score (nSPS) is 28.8. The topological polar surface area (TPSA) is 53.1 Å². The highest BCUT2D eigenvalue weighted by Gasteiger charge is 2.37. The number of rotatable bonds is 3. The first-order valence-corrected chi connectivity index (χ1v) is 10.1. The summed E-state index contributed by atoms with van der Waals surface area (Å²) in [4.78, 5) is 31.5. The van der Waals surface area contributed by atoms with E-state index >= 15 is 0 Å². The van der Waals surface area contributed by atoms with Crippen LogP contribution in [0.5, 0.6) is 5.75 Å². The number of nitrogens with zero attached hydrogens (tertiary/aromatic N) is 3. The number of benzene rings is 1. The smallest absolute Gasteiger partial charge is 0.265 e. The lowest BCUT2D eigenvalue weighted by Gasteiger charge is -2.42. The lowest BCUT2D eigenvalue weighted by molar-refractivity contribution is -0.134.